The molecule has 0 aromatic carbocycles. The molecule has 18 heavy (non-hydrogen) atoms. The third kappa shape index (κ3) is 2.07. The van der Waals surface area contributed by atoms with Gasteiger partial charge < -0.3 is 10.2 Å². The SMILES string of the molecule is CC1CCN(C(=O)C2NCC3CCCC32)CC1C. The van der Waals surface area contributed by atoms with Crippen LogP contribution in [0.2, 0.25) is 0 Å². The molecule has 0 spiro atoms. The Bertz CT molecular complexity index is 330. The molecule has 5 unspecified atom stereocenters. The number of carbonyl (C=O) groups is 1. The van der Waals surface area contributed by atoms with E-state index in [0.29, 0.717) is 17.7 Å². The number of likely N-dealkylation sites (tertiary alicyclic amines) is 1. The number of carbonyl (C=O) groups excluding carboxylic acids is 1. The van der Waals surface area contributed by atoms with Crippen LogP contribution in [0.4, 0.5) is 0 Å². The van der Waals surface area contributed by atoms with Gasteiger partial charge in [-0.3, -0.25) is 4.79 Å². The molecule has 1 N–H and O–H groups in total. The first-order valence-electron chi connectivity index (χ1n) is 7.69. The highest BCUT2D eigenvalue weighted by Gasteiger charge is 2.44. The lowest BCUT2D eigenvalue weighted by Gasteiger charge is -2.37. The molecule has 2 saturated heterocycles. The van der Waals surface area contributed by atoms with Crippen LogP contribution in [0.1, 0.15) is 39.5 Å². The Labute approximate surface area is 110 Å². The van der Waals surface area contributed by atoms with Crippen LogP contribution < -0.4 is 5.32 Å². The molecule has 3 heteroatoms. The minimum absolute atomic E-state index is 0.137. The maximum atomic E-state index is 12.7. The lowest BCUT2D eigenvalue weighted by Crippen LogP contribution is -2.50. The van der Waals surface area contributed by atoms with Gasteiger partial charge in [0.05, 0.1) is 6.04 Å². The average molecular weight is 250 g/mol. The van der Waals surface area contributed by atoms with Crippen LogP contribution in [-0.4, -0.2) is 36.5 Å². The van der Waals surface area contributed by atoms with Crippen LogP contribution in [0.5, 0.6) is 0 Å². The van der Waals surface area contributed by atoms with Crippen LogP contribution in [0.3, 0.4) is 0 Å². The number of piperidine rings is 1. The van der Waals surface area contributed by atoms with Crippen molar-refractivity contribution in [3.8, 4) is 0 Å². The molecule has 0 radical (unpaired) electrons. The summed E-state index contributed by atoms with van der Waals surface area (Å²) < 4.78 is 0. The molecule has 0 bridgehead atoms. The lowest BCUT2D eigenvalue weighted by molar-refractivity contribution is -0.136. The molecule has 0 aromatic rings. The van der Waals surface area contributed by atoms with Gasteiger partial charge >= 0.3 is 0 Å². The maximum Gasteiger partial charge on any atom is 0.240 e. The molecule has 3 aliphatic rings. The number of hydrogen-bond acceptors (Lipinski definition) is 2. The van der Waals surface area contributed by atoms with E-state index in [9.17, 15) is 4.79 Å². The van der Waals surface area contributed by atoms with Crippen LogP contribution in [0, 0.1) is 23.7 Å². The van der Waals surface area contributed by atoms with Gasteiger partial charge in [-0.05, 0) is 49.5 Å². The minimum Gasteiger partial charge on any atom is -0.341 e. The summed E-state index contributed by atoms with van der Waals surface area (Å²) in [4.78, 5) is 14.8. The molecule has 1 amide bonds. The van der Waals surface area contributed by atoms with Crippen LogP contribution in [0.25, 0.3) is 0 Å². The Kier molecular flexibility index (Phi) is 3.35. The van der Waals surface area contributed by atoms with E-state index in [4.69, 9.17) is 0 Å². The number of hydrogen-bond donors (Lipinski definition) is 1. The number of fused-ring (bicyclic) bond motifs is 1. The Morgan fingerprint density at radius 3 is 2.78 bits per heavy atom. The average Bonchev–Trinajstić information content (AvgIpc) is 2.93. The standard InChI is InChI=1S/C15H26N2O/c1-10-6-7-17(9-11(10)2)15(18)14-13-5-3-4-12(13)8-16-14/h10-14,16H,3-9H2,1-2H3. The predicted molar refractivity (Wildman–Crippen MR) is 72.1 cm³/mol. The largest absolute Gasteiger partial charge is 0.341 e. The highest BCUT2D eigenvalue weighted by atomic mass is 16.2. The molecule has 2 aliphatic heterocycles. The Balaban J connectivity index is 1.64. The number of rotatable bonds is 1. The zero-order chi connectivity index (χ0) is 12.7. The van der Waals surface area contributed by atoms with E-state index in [1.165, 1.54) is 25.7 Å². The highest BCUT2D eigenvalue weighted by Crippen LogP contribution is 2.38. The summed E-state index contributed by atoms with van der Waals surface area (Å²) in [6.45, 7) is 7.61. The van der Waals surface area contributed by atoms with Crippen molar-refractivity contribution in [3.05, 3.63) is 0 Å². The Morgan fingerprint density at radius 2 is 2.00 bits per heavy atom. The first-order valence-corrected chi connectivity index (χ1v) is 7.69. The molecule has 1 saturated carbocycles. The summed E-state index contributed by atoms with van der Waals surface area (Å²) in [5, 5.41) is 3.49. The van der Waals surface area contributed by atoms with Crippen LogP contribution >= 0.6 is 0 Å². The molecule has 0 aromatic heterocycles. The van der Waals surface area contributed by atoms with Crippen molar-refractivity contribution < 1.29 is 4.79 Å². The van der Waals surface area contributed by atoms with E-state index in [2.05, 4.69) is 24.1 Å². The van der Waals surface area contributed by atoms with E-state index >= 15 is 0 Å². The lowest BCUT2D eigenvalue weighted by atomic mass is 9.87. The van der Waals surface area contributed by atoms with Crippen molar-refractivity contribution in [2.45, 2.75) is 45.6 Å². The van der Waals surface area contributed by atoms with Gasteiger partial charge in [-0.15, -0.1) is 0 Å². The van der Waals surface area contributed by atoms with Crippen molar-refractivity contribution in [2.75, 3.05) is 19.6 Å². The third-order valence-corrected chi connectivity index (χ3v) is 5.66. The van der Waals surface area contributed by atoms with Gasteiger partial charge in [0.2, 0.25) is 5.91 Å². The van der Waals surface area contributed by atoms with E-state index in [0.717, 1.165) is 31.5 Å². The summed E-state index contributed by atoms with van der Waals surface area (Å²) in [5.41, 5.74) is 0. The zero-order valence-corrected chi connectivity index (χ0v) is 11.7. The smallest absolute Gasteiger partial charge is 0.240 e. The maximum absolute atomic E-state index is 12.7. The molecular formula is C15H26N2O. The summed E-state index contributed by atoms with van der Waals surface area (Å²) >= 11 is 0. The summed E-state index contributed by atoms with van der Waals surface area (Å²) in [7, 11) is 0. The fourth-order valence-corrected chi connectivity index (χ4v) is 4.12. The van der Waals surface area contributed by atoms with Gasteiger partial charge in [-0.2, -0.15) is 0 Å². The van der Waals surface area contributed by atoms with Crippen LogP contribution in [0.15, 0.2) is 0 Å². The first-order chi connectivity index (χ1) is 8.66. The first kappa shape index (κ1) is 12.5. The quantitative estimate of drug-likeness (QED) is 0.770. The molecule has 2 heterocycles. The Hall–Kier alpha value is -0.570. The zero-order valence-electron chi connectivity index (χ0n) is 11.7. The second-order valence-electron chi connectivity index (χ2n) is 6.77. The van der Waals surface area contributed by atoms with Gasteiger partial charge in [0.25, 0.3) is 0 Å². The summed E-state index contributed by atoms with van der Waals surface area (Å²) in [6, 6.07) is 0.137. The van der Waals surface area contributed by atoms with Gasteiger partial charge in [0, 0.05) is 13.1 Å². The van der Waals surface area contributed by atoms with Gasteiger partial charge in [0.15, 0.2) is 0 Å². The van der Waals surface area contributed by atoms with Crippen molar-refractivity contribution in [3.63, 3.8) is 0 Å². The van der Waals surface area contributed by atoms with Crippen molar-refractivity contribution in [1.82, 2.24) is 10.2 Å². The normalized spacial score (nSPS) is 44.1. The van der Waals surface area contributed by atoms with Gasteiger partial charge in [-0.1, -0.05) is 20.3 Å². The van der Waals surface area contributed by atoms with Crippen molar-refractivity contribution in [1.29, 1.82) is 0 Å². The molecule has 3 nitrogen and oxygen atoms in total. The fraction of sp³-hybridized carbons (Fsp3) is 0.933. The summed E-state index contributed by atoms with van der Waals surface area (Å²) in [6.07, 6.45) is 5.09. The van der Waals surface area contributed by atoms with E-state index in [1.807, 2.05) is 0 Å². The topological polar surface area (TPSA) is 32.3 Å². The predicted octanol–water partition coefficient (Wildman–Crippen LogP) is 1.88. The monoisotopic (exact) mass is 250 g/mol. The third-order valence-electron chi connectivity index (χ3n) is 5.66. The van der Waals surface area contributed by atoms with Crippen molar-refractivity contribution >= 4 is 5.91 Å². The number of amides is 1. The second kappa shape index (κ2) is 4.84. The van der Waals surface area contributed by atoms with E-state index in [1.54, 1.807) is 0 Å². The molecule has 102 valence electrons. The number of nitrogens with zero attached hydrogens (tertiary/aromatic N) is 1. The second-order valence-corrected chi connectivity index (χ2v) is 6.77. The molecule has 1 aliphatic carbocycles. The Morgan fingerprint density at radius 1 is 1.17 bits per heavy atom. The van der Waals surface area contributed by atoms with Crippen molar-refractivity contribution in [2.24, 2.45) is 23.7 Å². The molecule has 3 fully saturated rings. The highest BCUT2D eigenvalue weighted by molar-refractivity contribution is 5.82. The summed E-state index contributed by atoms with van der Waals surface area (Å²) in [5.74, 6) is 3.23. The van der Waals surface area contributed by atoms with Gasteiger partial charge in [-0.25, -0.2) is 0 Å². The number of nitrogens with one attached hydrogen (secondary N) is 1. The van der Waals surface area contributed by atoms with Crippen LogP contribution in [-0.2, 0) is 4.79 Å². The van der Waals surface area contributed by atoms with E-state index in [-0.39, 0.29) is 6.04 Å². The molecular weight excluding hydrogens is 224 g/mol. The fourth-order valence-electron chi connectivity index (χ4n) is 4.12. The molecule has 3 rings (SSSR count). The van der Waals surface area contributed by atoms with Gasteiger partial charge in [0.1, 0.15) is 0 Å². The minimum atomic E-state index is 0.137. The van der Waals surface area contributed by atoms with E-state index < -0.39 is 0 Å². The molecule has 5 atom stereocenters.